The lowest BCUT2D eigenvalue weighted by atomic mass is 9.88. The lowest BCUT2D eigenvalue weighted by Crippen LogP contribution is -2.33. The van der Waals surface area contributed by atoms with Crippen molar-refractivity contribution in [3.05, 3.63) is 81.5 Å². The average Bonchev–Trinajstić information content (AvgIpc) is 3.25. The molecule has 0 fully saturated rings. The van der Waals surface area contributed by atoms with Crippen molar-refractivity contribution in [3.8, 4) is 11.1 Å². The van der Waals surface area contributed by atoms with Gasteiger partial charge in [0, 0.05) is 10.9 Å². The Morgan fingerprint density at radius 3 is 2.81 bits per heavy atom. The predicted molar refractivity (Wildman–Crippen MR) is 130 cm³/mol. The van der Waals surface area contributed by atoms with Crippen molar-refractivity contribution >= 4 is 39.2 Å². The second-order valence-corrected chi connectivity index (χ2v) is 9.57. The molecule has 5 rings (SSSR count). The van der Waals surface area contributed by atoms with Crippen LogP contribution < -0.4 is 16.7 Å². The maximum Gasteiger partial charge on any atom is 0.282 e. The normalized spacial score (nSPS) is 15.4. The quantitative estimate of drug-likeness (QED) is 0.264. The minimum Gasteiger partial charge on any atom is -0.349 e. The number of amides is 1. The number of fused-ring (bicyclic) bond motifs is 2. The third-order valence-electron chi connectivity index (χ3n) is 5.73. The molecule has 4 aromatic rings. The van der Waals surface area contributed by atoms with Crippen LogP contribution in [0.5, 0.6) is 0 Å². The summed E-state index contributed by atoms with van der Waals surface area (Å²) in [7, 11) is 0. The van der Waals surface area contributed by atoms with Gasteiger partial charge in [-0.05, 0) is 36.0 Å². The van der Waals surface area contributed by atoms with Gasteiger partial charge in [-0.15, -0.1) is 11.3 Å². The van der Waals surface area contributed by atoms with Gasteiger partial charge in [-0.1, -0.05) is 66.4 Å². The zero-order valence-corrected chi connectivity index (χ0v) is 18.9. The molecule has 1 aliphatic rings. The highest BCUT2D eigenvalue weighted by Gasteiger charge is 2.22. The van der Waals surface area contributed by atoms with Gasteiger partial charge in [0.05, 0.1) is 17.2 Å². The van der Waals surface area contributed by atoms with Crippen molar-refractivity contribution in [1.82, 2.24) is 15.0 Å². The van der Waals surface area contributed by atoms with Gasteiger partial charge in [-0.3, -0.25) is 9.59 Å². The number of hydrogen-bond acceptors (Lipinski definition) is 6. The van der Waals surface area contributed by atoms with Crippen molar-refractivity contribution in [2.45, 2.75) is 30.5 Å². The Hall–Kier alpha value is -3.10. The number of nitrogens with zero attached hydrogens (tertiary/aromatic N) is 2. The summed E-state index contributed by atoms with van der Waals surface area (Å²) in [5.41, 5.74) is 3.96. The molecule has 0 radical (unpaired) electrons. The molecule has 3 N–H and O–H groups in total. The number of rotatable bonds is 5. The van der Waals surface area contributed by atoms with Gasteiger partial charge >= 0.3 is 0 Å². The SMILES string of the molecule is Nn1c(SCC(=O)NC2CCCc3ccccc32)nc2scc(-c3ccccc3)c2c1=O. The van der Waals surface area contributed by atoms with Crippen molar-refractivity contribution in [3.63, 3.8) is 0 Å². The third kappa shape index (κ3) is 3.91. The summed E-state index contributed by atoms with van der Waals surface area (Å²) >= 11 is 2.59. The molecule has 32 heavy (non-hydrogen) atoms. The van der Waals surface area contributed by atoms with Gasteiger partial charge in [0.25, 0.3) is 5.56 Å². The number of thiophene rings is 1. The van der Waals surface area contributed by atoms with Crippen LogP contribution in [-0.2, 0) is 11.2 Å². The molecule has 2 aromatic heterocycles. The van der Waals surface area contributed by atoms with Gasteiger partial charge in [0.1, 0.15) is 4.83 Å². The topological polar surface area (TPSA) is 90.0 Å². The van der Waals surface area contributed by atoms with Crippen molar-refractivity contribution < 1.29 is 4.79 Å². The third-order valence-corrected chi connectivity index (χ3v) is 7.55. The van der Waals surface area contributed by atoms with Gasteiger partial charge < -0.3 is 11.2 Å². The fraction of sp³-hybridized carbons (Fsp3) is 0.208. The molecule has 1 amide bonds. The van der Waals surface area contributed by atoms with E-state index in [2.05, 4.69) is 22.4 Å². The van der Waals surface area contributed by atoms with Crippen LogP contribution in [0.1, 0.15) is 30.0 Å². The average molecular weight is 463 g/mol. The molecule has 2 aromatic carbocycles. The van der Waals surface area contributed by atoms with Crippen molar-refractivity contribution in [2.75, 3.05) is 11.6 Å². The van der Waals surface area contributed by atoms with Crippen LogP contribution in [0, 0.1) is 0 Å². The number of nitrogens with two attached hydrogens (primary N) is 1. The number of aromatic nitrogens is 2. The Kier molecular flexibility index (Phi) is 5.71. The molecule has 0 saturated carbocycles. The number of carbonyl (C=O) groups is 1. The fourth-order valence-corrected chi connectivity index (χ4v) is 5.90. The zero-order valence-electron chi connectivity index (χ0n) is 17.3. The molecule has 6 nitrogen and oxygen atoms in total. The second kappa shape index (κ2) is 8.80. The lowest BCUT2D eigenvalue weighted by molar-refractivity contribution is -0.119. The summed E-state index contributed by atoms with van der Waals surface area (Å²) in [6, 6.07) is 18.0. The number of thioether (sulfide) groups is 1. The van der Waals surface area contributed by atoms with E-state index in [9.17, 15) is 9.59 Å². The molecular weight excluding hydrogens is 440 g/mol. The molecule has 1 unspecified atom stereocenters. The molecule has 1 atom stereocenters. The van der Waals surface area contributed by atoms with Gasteiger partial charge in [-0.2, -0.15) is 0 Å². The van der Waals surface area contributed by atoms with E-state index >= 15 is 0 Å². The zero-order chi connectivity index (χ0) is 22.1. The number of carbonyl (C=O) groups excluding carboxylic acids is 1. The highest BCUT2D eigenvalue weighted by atomic mass is 32.2. The molecule has 0 saturated heterocycles. The Bertz CT molecular complexity index is 1350. The predicted octanol–water partition coefficient (Wildman–Crippen LogP) is 4.12. The highest BCUT2D eigenvalue weighted by Crippen LogP contribution is 2.32. The van der Waals surface area contributed by atoms with Crippen molar-refractivity contribution in [2.24, 2.45) is 0 Å². The van der Waals surface area contributed by atoms with Crippen LogP contribution in [0.25, 0.3) is 21.3 Å². The molecule has 2 heterocycles. The van der Waals surface area contributed by atoms with E-state index in [0.29, 0.717) is 15.4 Å². The number of aryl methyl sites for hydroxylation is 1. The Morgan fingerprint density at radius 1 is 1.19 bits per heavy atom. The van der Waals surface area contributed by atoms with E-state index in [-0.39, 0.29) is 23.3 Å². The second-order valence-electron chi connectivity index (χ2n) is 7.76. The van der Waals surface area contributed by atoms with Crippen LogP contribution in [0.15, 0.2) is 69.9 Å². The summed E-state index contributed by atoms with van der Waals surface area (Å²) in [5, 5.41) is 5.90. The van der Waals surface area contributed by atoms with Crippen LogP contribution in [-0.4, -0.2) is 21.3 Å². The molecule has 0 bridgehead atoms. The van der Waals surface area contributed by atoms with Gasteiger partial charge in [0.2, 0.25) is 5.91 Å². The summed E-state index contributed by atoms with van der Waals surface area (Å²) in [5.74, 6) is 6.13. The van der Waals surface area contributed by atoms with E-state index in [1.54, 1.807) is 0 Å². The Labute approximate surface area is 193 Å². The first kappa shape index (κ1) is 20.8. The fourth-order valence-electron chi connectivity index (χ4n) is 4.19. The first-order valence-corrected chi connectivity index (χ1v) is 12.3. The van der Waals surface area contributed by atoms with Gasteiger partial charge in [-0.25, -0.2) is 9.66 Å². The van der Waals surface area contributed by atoms with Crippen LogP contribution in [0.2, 0.25) is 0 Å². The number of benzene rings is 2. The van der Waals surface area contributed by atoms with E-state index < -0.39 is 0 Å². The van der Waals surface area contributed by atoms with Crippen molar-refractivity contribution in [1.29, 1.82) is 0 Å². The molecule has 162 valence electrons. The molecule has 8 heteroatoms. The van der Waals surface area contributed by atoms with Crippen LogP contribution in [0.4, 0.5) is 0 Å². The Balaban J connectivity index is 1.34. The number of nitrogen functional groups attached to an aromatic ring is 1. The summed E-state index contributed by atoms with van der Waals surface area (Å²) in [6.07, 6.45) is 3.03. The Morgan fingerprint density at radius 2 is 1.97 bits per heavy atom. The summed E-state index contributed by atoms with van der Waals surface area (Å²) in [4.78, 5) is 30.9. The standard InChI is InChI=1S/C24H22N4O2S2/c25-28-23(30)21-18(16-7-2-1-3-8-16)13-31-22(21)27-24(28)32-14-20(29)26-19-12-6-10-15-9-4-5-11-17(15)19/h1-5,7-9,11,13,19H,6,10,12,14,25H2,(H,26,29). The monoisotopic (exact) mass is 462 g/mol. The van der Waals surface area contributed by atoms with E-state index in [1.807, 2.05) is 47.8 Å². The van der Waals surface area contributed by atoms with Crippen LogP contribution in [0.3, 0.4) is 0 Å². The van der Waals surface area contributed by atoms with Gasteiger partial charge in [0.15, 0.2) is 5.16 Å². The number of nitrogens with one attached hydrogen (secondary N) is 1. The smallest absolute Gasteiger partial charge is 0.282 e. The number of hydrogen-bond donors (Lipinski definition) is 2. The van der Waals surface area contributed by atoms with E-state index in [4.69, 9.17) is 5.84 Å². The van der Waals surface area contributed by atoms with E-state index in [0.717, 1.165) is 35.1 Å². The molecule has 1 aliphatic carbocycles. The molecular formula is C24H22N4O2S2. The summed E-state index contributed by atoms with van der Waals surface area (Å²) < 4.78 is 1.05. The lowest BCUT2D eigenvalue weighted by Gasteiger charge is -2.26. The first-order valence-electron chi connectivity index (χ1n) is 10.5. The van der Waals surface area contributed by atoms with Crippen LogP contribution >= 0.6 is 23.1 Å². The maximum atomic E-state index is 13.0. The molecule has 0 spiro atoms. The minimum absolute atomic E-state index is 0.0225. The minimum atomic E-state index is -0.306. The maximum absolute atomic E-state index is 13.0. The molecule has 0 aliphatic heterocycles. The highest BCUT2D eigenvalue weighted by molar-refractivity contribution is 7.99. The largest absolute Gasteiger partial charge is 0.349 e. The first-order chi connectivity index (χ1) is 15.6. The van der Waals surface area contributed by atoms with E-state index in [1.165, 1.54) is 34.2 Å². The summed E-state index contributed by atoms with van der Waals surface area (Å²) in [6.45, 7) is 0.